The highest BCUT2D eigenvalue weighted by Crippen LogP contribution is 2.32. The summed E-state index contributed by atoms with van der Waals surface area (Å²) in [5.74, 6) is 0. The minimum Gasteiger partial charge on any atom is -0.465 e. The number of hydrogen-bond acceptors (Lipinski definition) is 6. The molecule has 0 aliphatic carbocycles. The molecule has 26 heavy (non-hydrogen) atoms. The summed E-state index contributed by atoms with van der Waals surface area (Å²) in [7, 11) is 0. The van der Waals surface area contributed by atoms with E-state index in [0.29, 0.717) is 12.2 Å². The molecule has 0 aliphatic heterocycles. The van der Waals surface area contributed by atoms with Crippen LogP contribution >= 0.6 is 11.3 Å². The van der Waals surface area contributed by atoms with E-state index in [1.807, 2.05) is 58.6 Å². The molecule has 2 aromatic heterocycles. The second kappa shape index (κ2) is 6.97. The van der Waals surface area contributed by atoms with Crippen molar-refractivity contribution in [1.29, 1.82) is 0 Å². The zero-order chi connectivity index (χ0) is 17.9. The molecule has 0 bridgehead atoms. The highest BCUT2D eigenvalue weighted by atomic mass is 32.1. The van der Waals surface area contributed by atoms with Crippen LogP contribution < -0.4 is 5.73 Å². The maximum absolute atomic E-state index is 10.8. The molecule has 0 spiro atoms. The van der Waals surface area contributed by atoms with Gasteiger partial charge < -0.3 is 10.5 Å². The highest BCUT2D eigenvalue weighted by Gasteiger charge is 2.22. The van der Waals surface area contributed by atoms with E-state index >= 15 is 0 Å². The minimum absolute atomic E-state index is 0.146. The summed E-state index contributed by atoms with van der Waals surface area (Å²) >= 11 is 1.49. The third-order valence-corrected chi connectivity index (χ3v) is 4.79. The lowest BCUT2D eigenvalue weighted by atomic mass is 10.1. The molecule has 2 aromatic carbocycles. The van der Waals surface area contributed by atoms with Gasteiger partial charge in [-0.15, -0.1) is 11.3 Å². The molecule has 0 fully saturated rings. The molecule has 0 radical (unpaired) electrons. The Balaban J connectivity index is 1.93. The van der Waals surface area contributed by atoms with Crippen LogP contribution in [-0.4, -0.2) is 27.8 Å². The van der Waals surface area contributed by atoms with Gasteiger partial charge in [-0.05, 0) is 18.2 Å². The standard InChI is InChI=1S/C19H16N4O2S/c20-14-6-7-15-17(8-14)23(22-19(15)13-4-2-1-3-5-13)18(9-25-12-24)16-10-26-11-21-16/h1-8,10-12,18H,9,20H2. The van der Waals surface area contributed by atoms with Gasteiger partial charge >= 0.3 is 0 Å². The molecule has 2 N–H and O–H groups in total. The van der Waals surface area contributed by atoms with E-state index in [1.165, 1.54) is 11.3 Å². The lowest BCUT2D eigenvalue weighted by molar-refractivity contribution is -0.129. The SMILES string of the molecule is Nc1ccc2c(-c3ccccc3)nn(C(COC=O)c3cscn3)c2c1. The van der Waals surface area contributed by atoms with Crippen LogP contribution in [0.4, 0.5) is 5.69 Å². The first-order valence-electron chi connectivity index (χ1n) is 8.04. The van der Waals surface area contributed by atoms with Crippen molar-refractivity contribution in [2.45, 2.75) is 6.04 Å². The predicted molar refractivity (Wildman–Crippen MR) is 102 cm³/mol. The van der Waals surface area contributed by atoms with E-state index in [4.69, 9.17) is 15.6 Å². The fourth-order valence-electron chi connectivity index (χ4n) is 3.00. The number of hydrogen-bond donors (Lipinski definition) is 1. The number of aromatic nitrogens is 3. The normalized spacial score (nSPS) is 12.2. The van der Waals surface area contributed by atoms with Crippen molar-refractivity contribution in [3.8, 4) is 11.3 Å². The number of ether oxygens (including phenoxy) is 1. The van der Waals surface area contributed by atoms with Crippen molar-refractivity contribution in [2.75, 3.05) is 12.3 Å². The van der Waals surface area contributed by atoms with Gasteiger partial charge in [0.15, 0.2) is 0 Å². The van der Waals surface area contributed by atoms with Gasteiger partial charge in [-0.25, -0.2) is 4.98 Å². The lowest BCUT2D eigenvalue weighted by Gasteiger charge is -2.15. The first-order valence-corrected chi connectivity index (χ1v) is 8.98. The highest BCUT2D eigenvalue weighted by molar-refractivity contribution is 7.07. The Bertz CT molecular complexity index is 1030. The predicted octanol–water partition coefficient (Wildman–Crippen LogP) is 3.50. The topological polar surface area (TPSA) is 83.0 Å². The van der Waals surface area contributed by atoms with Crippen molar-refractivity contribution in [3.63, 3.8) is 0 Å². The Morgan fingerprint density at radius 1 is 1.23 bits per heavy atom. The van der Waals surface area contributed by atoms with Crippen LogP contribution in [0.2, 0.25) is 0 Å². The maximum atomic E-state index is 10.8. The first-order chi connectivity index (χ1) is 12.8. The van der Waals surface area contributed by atoms with Crippen LogP contribution in [-0.2, 0) is 9.53 Å². The third-order valence-electron chi connectivity index (χ3n) is 4.19. The molecule has 0 saturated heterocycles. The van der Waals surface area contributed by atoms with Crippen molar-refractivity contribution in [2.24, 2.45) is 0 Å². The quantitative estimate of drug-likeness (QED) is 0.418. The molecular weight excluding hydrogens is 348 g/mol. The van der Waals surface area contributed by atoms with Crippen molar-refractivity contribution < 1.29 is 9.53 Å². The van der Waals surface area contributed by atoms with Crippen LogP contribution in [0.15, 0.2) is 59.4 Å². The molecule has 1 atom stereocenters. The summed E-state index contributed by atoms with van der Waals surface area (Å²) in [6, 6.07) is 15.3. The number of nitrogens with zero attached hydrogens (tertiary/aromatic N) is 3. The van der Waals surface area contributed by atoms with Crippen LogP contribution in [0.5, 0.6) is 0 Å². The maximum Gasteiger partial charge on any atom is 0.293 e. The molecule has 4 aromatic rings. The van der Waals surface area contributed by atoms with Gasteiger partial charge in [-0.3, -0.25) is 9.48 Å². The number of carbonyl (C=O) groups is 1. The van der Waals surface area contributed by atoms with E-state index in [0.717, 1.165) is 27.9 Å². The van der Waals surface area contributed by atoms with E-state index in [9.17, 15) is 4.79 Å². The number of nitrogen functional groups attached to an aromatic ring is 1. The molecule has 6 nitrogen and oxygen atoms in total. The Hall–Kier alpha value is -3.19. The summed E-state index contributed by atoms with van der Waals surface area (Å²) in [5.41, 5.74) is 11.9. The Labute approximate surface area is 153 Å². The van der Waals surface area contributed by atoms with Crippen LogP contribution in [0.1, 0.15) is 11.7 Å². The Morgan fingerprint density at radius 2 is 2.08 bits per heavy atom. The summed E-state index contributed by atoms with van der Waals surface area (Å²) in [5, 5.41) is 7.75. The molecule has 1 unspecified atom stereocenters. The zero-order valence-electron chi connectivity index (χ0n) is 13.8. The van der Waals surface area contributed by atoms with Crippen molar-refractivity contribution >= 4 is 34.4 Å². The van der Waals surface area contributed by atoms with Gasteiger partial charge in [0.2, 0.25) is 0 Å². The van der Waals surface area contributed by atoms with Gasteiger partial charge in [0.25, 0.3) is 6.47 Å². The van der Waals surface area contributed by atoms with Gasteiger partial charge in [0.05, 0.1) is 16.7 Å². The molecule has 0 amide bonds. The van der Waals surface area contributed by atoms with E-state index in [1.54, 1.807) is 5.51 Å². The second-order valence-corrected chi connectivity index (χ2v) is 6.51. The van der Waals surface area contributed by atoms with E-state index in [-0.39, 0.29) is 12.6 Å². The third kappa shape index (κ3) is 2.93. The molecular formula is C19H16N4O2S. The fourth-order valence-corrected chi connectivity index (χ4v) is 3.60. The number of nitrogens with two attached hydrogens (primary N) is 1. The van der Waals surface area contributed by atoms with Crippen molar-refractivity contribution in [3.05, 3.63) is 65.1 Å². The average molecular weight is 364 g/mol. The smallest absolute Gasteiger partial charge is 0.293 e. The van der Waals surface area contributed by atoms with E-state index in [2.05, 4.69) is 4.98 Å². The minimum atomic E-state index is -0.326. The van der Waals surface area contributed by atoms with Crippen LogP contribution in [0.25, 0.3) is 22.2 Å². The van der Waals surface area contributed by atoms with Gasteiger partial charge in [-0.1, -0.05) is 30.3 Å². The number of fused-ring (bicyclic) bond motifs is 1. The van der Waals surface area contributed by atoms with Crippen LogP contribution in [0, 0.1) is 0 Å². The largest absolute Gasteiger partial charge is 0.465 e. The molecule has 0 saturated carbocycles. The number of rotatable bonds is 6. The van der Waals surface area contributed by atoms with Gasteiger partial charge in [-0.2, -0.15) is 5.10 Å². The summed E-state index contributed by atoms with van der Waals surface area (Å²) in [4.78, 5) is 15.2. The Kier molecular flexibility index (Phi) is 4.37. The average Bonchev–Trinajstić information content (AvgIpc) is 3.32. The van der Waals surface area contributed by atoms with Gasteiger partial charge in [0.1, 0.15) is 18.3 Å². The molecule has 2 heterocycles. The number of benzene rings is 2. The summed E-state index contributed by atoms with van der Waals surface area (Å²) in [6.45, 7) is 0.588. The molecule has 4 rings (SSSR count). The summed E-state index contributed by atoms with van der Waals surface area (Å²) < 4.78 is 6.90. The number of thiazole rings is 1. The van der Waals surface area contributed by atoms with Crippen molar-refractivity contribution in [1.82, 2.24) is 14.8 Å². The fraction of sp³-hybridized carbons (Fsp3) is 0.105. The monoisotopic (exact) mass is 364 g/mol. The van der Waals surface area contributed by atoms with Crippen LogP contribution in [0.3, 0.4) is 0 Å². The van der Waals surface area contributed by atoms with Gasteiger partial charge in [0, 0.05) is 22.0 Å². The molecule has 130 valence electrons. The zero-order valence-corrected chi connectivity index (χ0v) is 14.6. The Morgan fingerprint density at radius 3 is 2.81 bits per heavy atom. The second-order valence-electron chi connectivity index (χ2n) is 5.79. The number of carbonyl (C=O) groups excluding carboxylic acids is 1. The lowest BCUT2D eigenvalue weighted by Crippen LogP contribution is -2.18. The number of anilines is 1. The summed E-state index contributed by atoms with van der Waals surface area (Å²) in [6.07, 6.45) is 0. The molecule has 0 aliphatic rings. The van der Waals surface area contributed by atoms with E-state index < -0.39 is 0 Å². The first kappa shape index (κ1) is 16.3. The molecule has 7 heteroatoms.